The standard InChI is InChI=1S/C10H7F3N2O3/c11-10(12,13)8-7(9(17)18-2-1-16)3-6(4-14)5-15-8/h3,5,16H,1-2H2. The Morgan fingerprint density at radius 3 is 2.72 bits per heavy atom. The first kappa shape index (κ1) is 13.9. The van der Waals surface area contributed by atoms with E-state index in [-0.39, 0.29) is 5.56 Å². The molecule has 1 rings (SSSR count). The maximum atomic E-state index is 12.6. The Labute approximate surface area is 99.4 Å². The molecule has 96 valence electrons. The monoisotopic (exact) mass is 260 g/mol. The van der Waals surface area contributed by atoms with Crippen molar-refractivity contribution in [1.82, 2.24) is 4.98 Å². The molecule has 18 heavy (non-hydrogen) atoms. The fourth-order valence-corrected chi connectivity index (χ4v) is 1.12. The average molecular weight is 260 g/mol. The van der Waals surface area contributed by atoms with Crippen LogP contribution in [0.25, 0.3) is 0 Å². The highest BCUT2D eigenvalue weighted by Crippen LogP contribution is 2.30. The lowest BCUT2D eigenvalue weighted by molar-refractivity contribution is -0.141. The van der Waals surface area contributed by atoms with Crippen molar-refractivity contribution in [2.24, 2.45) is 0 Å². The lowest BCUT2D eigenvalue weighted by Crippen LogP contribution is -2.18. The molecule has 0 amide bonds. The highest BCUT2D eigenvalue weighted by molar-refractivity contribution is 5.91. The Kier molecular flexibility index (Phi) is 4.23. The van der Waals surface area contributed by atoms with Gasteiger partial charge < -0.3 is 9.84 Å². The number of nitriles is 1. The van der Waals surface area contributed by atoms with Crippen molar-refractivity contribution >= 4 is 5.97 Å². The van der Waals surface area contributed by atoms with Gasteiger partial charge in [0, 0.05) is 6.20 Å². The molecule has 0 fully saturated rings. The van der Waals surface area contributed by atoms with Gasteiger partial charge in [0.25, 0.3) is 0 Å². The first-order chi connectivity index (χ1) is 8.40. The number of aromatic nitrogens is 1. The predicted octanol–water partition coefficient (Wildman–Crippen LogP) is 1.12. The number of aliphatic hydroxyl groups is 1. The number of carbonyl (C=O) groups is 1. The Morgan fingerprint density at radius 1 is 1.56 bits per heavy atom. The van der Waals surface area contributed by atoms with Crippen molar-refractivity contribution < 1.29 is 27.8 Å². The van der Waals surface area contributed by atoms with Crippen LogP contribution in [0.3, 0.4) is 0 Å². The molecule has 1 heterocycles. The summed E-state index contributed by atoms with van der Waals surface area (Å²) in [6, 6.07) is 2.32. The van der Waals surface area contributed by atoms with Crippen molar-refractivity contribution in [3.63, 3.8) is 0 Å². The normalized spacial score (nSPS) is 10.8. The number of rotatable bonds is 3. The van der Waals surface area contributed by atoms with E-state index in [1.165, 1.54) is 0 Å². The summed E-state index contributed by atoms with van der Waals surface area (Å²) in [6.07, 6.45) is -4.12. The van der Waals surface area contributed by atoms with Crippen LogP contribution in [0.5, 0.6) is 0 Å². The van der Waals surface area contributed by atoms with Gasteiger partial charge in [0.2, 0.25) is 0 Å². The van der Waals surface area contributed by atoms with Crippen molar-refractivity contribution in [3.8, 4) is 6.07 Å². The summed E-state index contributed by atoms with van der Waals surface area (Å²) in [5.74, 6) is -1.29. The smallest absolute Gasteiger partial charge is 0.434 e. The summed E-state index contributed by atoms with van der Waals surface area (Å²) in [7, 11) is 0. The molecule has 0 radical (unpaired) electrons. The van der Waals surface area contributed by atoms with E-state index in [0.29, 0.717) is 6.20 Å². The number of ether oxygens (including phenoxy) is 1. The highest BCUT2D eigenvalue weighted by atomic mass is 19.4. The third-order valence-electron chi connectivity index (χ3n) is 1.83. The molecule has 0 spiro atoms. The zero-order valence-corrected chi connectivity index (χ0v) is 8.86. The molecule has 0 aliphatic rings. The molecule has 0 atom stereocenters. The number of pyridine rings is 1. The number of esters is 1. The van der Waals surface area contributed by atoms with E-state index in [0.717, 1.165) is 6.07 Å². The summed E-state index contributed by atoms with van der Waals surface area (Å²) >= 11 is 0. The molecule has 1 aromatic heterocycles. The van der Waals surface area contributed by atoms with Gasteiger partial charge >= 0.3 is 12.1 Å². The number of alkyl halides is 3. The second kappa shape index (κ2) is 5.46. The Balaban J connectivity index is 3.21. The van der Waals surface area contributed by atoms with Crippen LogP contribution in [0, 0.1) is 11.3 Å². The molecule has 5 nitrogen and oxygen atoms in total. The van der Waals surface area contributed by atoms with Crippen LogP contribution in [0.4, 0.5) is 13.2 Å². The minimum Gasteiger partial charge on any atom is -0.460 e. The molecular formula is C10H7F3N2O3. The van der Waals surface area contributed by atoms with Crippen LogP contribution in [0.1, 0.15) is 21.6 Å². The van der Waals surface area contributed by atoms with Crippen LogP contribution in [-0.4, -0.2) is 29.3 Å². The maximum Gasteiger partial charge on any atom is 0.434 e. The number of halogens is 3. The van der Waals surface area contributed by atoms with Gasteiger partial charge in [-0.2, -0.15) is 18.4 Å². The summed E-state index contributed by atoms with van der Waals surface area (Å²) < 4.78 is 42.1. The van der Waals surface area contributed by atoms with Crippen LogP contribution in [0.2, 0.25) is 0 Å². The van der Waals surface area contributed by atoms with Gasteiger partial charge in [-0.15, -0.1) is 0 Å². The largest absolute Gasteiger partial charge is 0.460 e. The quantitative estimate of drug-likeness (QED) is 0.823. The van der Waals surface area contributed by atoms with Crippen molar-refractivity contribution in [2.45, 2.75) is 6.18 Å². The van der Waals surface area contributed by atoms with Gasteiger partial charge in [-0.3, -0.25) is 0 Å². The number of hydrogen-bond acceptors (Lipinski definition) is 5. The molecule has 0 saturated heterocycles. The van der Waals surface area contributed by atoms with Gasteiger partial charge in [-0.05, 0) is 6.07 Å². The van der Waals surface area contributed by atoms with Crippen molar-refractivity contribution in [1.29, 1.82) is 5.26 Å². The van der Waals surface area contributed by atoms with E-state index in [1.54, 1.807) is 6.07 Å². The zero-order chi connectivity index (χ0) is 13.8. The van der Waals surface area contributed by atoms with Crippen LogP contribution >= 0.6 is 0 Å². The van der Waals surface area contributed by atoms with Gasteiger partial charge in [-0.25, -0.2) is 9.78 Å². The molecule has 1 aromatic rings. The minimum absolute atomic E-state index is 0.195. The van der Waals surface area contributed by atoms with E-state index in [1.807, 2.05) is 0 Å². The number of nitrogens with zero attached hydrogens (tertiary/aromatic N) is 2. The summed E-state index contributed by atoms with van der Waals surface area (Å²) in [5.41, 5.74) is -2.47. The number of carbonyl (C=O) groups excluding carboxylic acids is 1. The van der Waals surface area contributed by atoms with Crippen LogP contribution < -0.4 is 0 Å². The third-order valence-corrected chi connectivity index (χ3v) is 1.83. The van der Waals surface area contributed by atoms with E-state index in [9.17, 15) is 18.0 Å². The van der Waals surface area contributed by atoms with Crippen LogP contribution in [0.15, 0.2) is 12.3 Å². The molecule has 0 aliphatic carbocycles. The Bertz CT molecular complexity index is 494. The molecule has 8 heteroatoms. The van der Waals surface area contributed by atoms with Gasteiger partial charge in [0.15, 0.2) is 5.69 Å². The van der Waals surface area contributed by atoms with Crippen molar-refractivity contribution in [2.75, 3.05) is 13.2 Å². The zero-order valence-electron chi connectivity index (χ0n) is 8.86. The average Bonchev–Trinajstić information content (AvgIpc) is 2.34. The Hall–Kier alpha value is -2.14. The molecule has 0 unspecified atom stereocenters. The summed E-state index contributed by atoms with van der Waals surface area (Å²) in [4.78, 5) is 14.4. The third kappa shape index (κ3) is 3.18. The number of aliphatic hydroxyl groups excluding tert-OH is 1. The second-order valence-electron chi connectivity index (χ2n) is 3.09. The predicted molar refractivity (Wildman–Crippen MR) is 51.3 cm³/mol. The minimum atomic E-state index is -4.83. The number of hydrogen-bond donors (Lipinski definition) is 1. The van der Waals surface area contributed by atoms with Gasteiger partial charge in [0.05, 0.1) is 17.7 Å². The lowest BCUT2D eigenvalue weighted by Gasteiger charge is -2.11. The fourth-order valence-electron chi connectivity index (χ4n) is 1.12. The maximum absolute atomic E-state index is 12.6. The van der Waals surface area contributed by atoms with Gasteiger partial charge in [0.1, 0.15) is 12.7 Å². The topological polar surface area (TPSA) is 83.2 Å². The molecular weight excluding hydrogens is 253 g/mol. The Morgan fingerprint density at radius 2 is 2.22 bits per heavy atom. The first-order valence-corrected chi connectivity index (χ1v) is 4.65. The second-order valence-corrected chi connectivity index (χ2v) is 3.09. The van der Waals surface area contributed by atoms with Gasteiger partial charge in [-0.1, -0.05) is 0 Å². The van der Waals surface area contributed by atoms with E-state index in [2.05, 4.69) is 9.72 Å². The molecule has 0 aliphatic heterocycles. The SMILES string of the molecule is N#Cc1cnc(C(F)(F)F)c(C(=O)OCCO)c1. The van der Waals surface area contributed by atoms with E-state index < -0.39 is 36.6 Å². The van der Waals surface area contributed by atoms with Crippen molar-refractivity contribution in [3.05, 3.63) is 29.1 Å². The first-order valence-electron chi connectivity index (χ1n) is 4.65. The molecule has 0 bridgehead atoms. The van der Waals surface area contributed by atoms with E-state index in [4.69, 9.17) is 10.4 Å². The summed E-state index contributed by atoms with van der Waals surface area (Å²) in [6.45, 7) is -0.953. The lowest BCUT2D eigenvalue weighted by atomic mass is 10.1. The molecule has 0 saturated carbocycles. The van der Waals surface area contributed by atoms with E-state index >= 15 is 0 Å². The highest BCUT2D eigenvalue weighted by Gasteiger charge is 2.37. The fraction of sp³-hybridized carbons (Fsp3) is 0.300. The molecule has 1 N–H and O–H groups in total. The van der Waals surface area contributed by atoms with Crippen LogP contribution in [-0.2, 0) is 10.9 Å². The molecule has 0 aromatic carbocycles. The summed E-state index contributed by atoms with van der Waals surface area (Å²) in [5, 5.41) is 17.0.